The molecule has 1 aliphatic carbocycles. The van der Waals surface area contributed by atoms with Crippen LogP contribution in [0.25, 0.3) is 0 Å². The Labute approximate surface area is 238 Å². The lowest BCUT2D eigenvalue weighted by molar-refractivity contribution is -0.136. The van der Waals surface area contributed by atoms with E-state index >= 15 is 0 Å². The van der Waals surface area contributed by atoms with E-state index in [0.29, 0.717) is 27.8 Å². The van der Waals surface area contributed by atoms with Crippen LogP contribution in [-0.2, 0) is 22.4 Å². The third kappa shape index (κ3) is 6.75. The number of nitrogens with one attached hydrogen (secondary N) is 2. The summed E-state index contributed by atoms with van der Waals surface area (Å²) in [4.78, 5) is 38.4. The highest BCUT2D eigenvalue weighted by molar-refractivity contribution is 7.16. The van der Waals surface area contributed by atoms with Gasteiger partial charge in [-0.15, -0.1) is 11.3 Å². The number of hydrazone groups is 1. The number of hydrogen-bond acceptors (Lipinski definition) is 8. The molecule has 39 heavy (non-hydrogen) atoms. The Morgan fingerprint density at radius 1 is 1.10 bits per heavy atom. The quantitative estimate of drug-likeness (QED) is 0.124. The summed E-state index contributed by atoms with van der Waals surface area (Å²) in [6, 6.07) is 11.2. The second-order valence-electron chi connectivity index (χ2n) is 8.33. The van der Waals surface area contributed by atoms with Crippen molar-refractivity contribution in [2.75, 3.05) is 11.9 Å². The van der Waals surface area contributed by atoms with Gasteiger partial charge in [-0.1, -0.05) is 23.2 Å². The summed E-state index contributed by atoms with van der Waals surface area (Å²) in [5.74, 6) is -2.20. The minimum absolute atomic E-state index is 0.139. The average Bonchev–Trinajstić information content (AvgIpc) is 3.26. The first kappa shape index (κ1) is 28.1. The van der Waals surface area contributed by atoms with Gasteiger partial charge in [-0.2, -0.15) is 10.4 Å². The zero-order valence-corrected chi connectivity index (χ0v) is 23.0. The molecule has 0 saturated carbocycles. The van der Waals surface area contributed by atoms with E-state index in [9.17, 15) is 19.6 Å². The molecule has 0 bridgehead atoms. The maximum Gasteiger partial charge on any atom is 0.345 e. The molecular weight excluding hydrogens is 563 g/mol. The second-order valence-corrected chi connectivity index (χ2v) is 10.3. The standard InChI is InChI=1S/C27H22Cl2N4O5S/c1-2-37-22-11-15(7-10-21(22)38-27(36)18-9-8-16(28)12-20(18)29)14-31-33-25(35)24(34)32-26-19(13-30)17-5-3-4-6-23(17)39-26/h7-12,14H,2-6H2,1H3,(H,32,34)(H,33,35)/b31-14-. The fraction of sp³-hybridized carbons (Fsp3) is 0.222. The molecule has 2 amide bonds. The molecule has 3 aromatic rings. The molecular formula is C27H22Cl2N4O5S. The fourth-order valence-electron chi connectivity index (χ4n) is 3.92. The second kappa shape index (κ2) is 12.8. The number of nitrogens with zero attached hydrogens (tertiary/aromatic N) is 2. The zero-order chi connectivity index (χ0) is 27.9. The van der Waals surface area contributed by atoms with E-state index in [0.717, 1.165) is 36.1 Å². The summed E-state index contributed by atoms with van der Waals surface area (Å²) >= 11 is 13.3. The lowest BCUT2D eigenvalue weighted by Crippen LogP contribution is -2.32. The van der Waals surface area contributed by atoms with Crippen LogP contribution in [0.15, 0.2) is 41.5 Å². The number of carbonyl (C=O) groups is 3. The van der Waals surface area contributed by atoms with Gasteiger partial charge in [0.15, 0.2) is 11.5 Å². The molecule has 12 heteroatoms. The summed E-state index contributed by atoms with van der Waals surface area (Å²) < 4.78 is 11.0. The molecule has 0 radical (unpaired) electrons. The van der Waals surface area contributed by atoms with Crippen molar-refractivity contribution >= 4 is 63.5 Å². The maximum atomic E-state index is 12.6. The van der Waals surface area contributed by atoms with E-state index in [1.54, 1.807) is 19.1 Å². The first-order valence-electron chi connectivity index (χ1n) is 11.9. The molecule has 0 atom stereocenters. The highest BCUT2D eigenvalue weighted by Gasteiger charge is 2.23. The number of esters is 1. The fourth-order valence-corrected chi connectivity index (χ4v) is 5.64. The van der Waals surface area contributed by atoms with Crippen LogP contribution in [0.3, 0.4) is 0 Å². The first-order chi connectivity index (χ1) is 18.8. The van der Waals surface area contributed by atoms with Crippen LogP contribution >= 0.6 is 34.5 Å². The number of ether oxygens (including phenoxy) is 2. The van der Waals surface area contributed by atoms with Gasteiger partial charge < -0.3 is 14.8 Å². The van der Waals surface area contributed by atoms with Gasteiger partial charge in [0.2, 0.25) is 0 Å². The predicted octanol–water partition coefficient (Wildman–Crippen LogP) is 5.51. The molecule has 4 rings (SSSR count). The van der Waals surface area contributed by atoms with Crippen molar-refractivity contribution in [3.8, 4) is 17.6 Å². The highest BCUT2D eigenvalue weighted by atomic mass is 35.5. The van der Waals surface area contributed by atoms with Gasteiger partial charge in [0.1, 0.15) is 11.1 Å². The Hall–Kier alpha value is -3.91. The SMILES string of the molecule is CCOc1cc(/C=N\NC(=O)C(=O)Nc2sc3c(c2C#N)CCCC3)ccc1OC(=O)c1ccc(Cl)cc1Cl. The van der Waals surface area contributed by atoms with Crippen LogP contribution in [-0.4, -0.2) is 30.6 Å². The molecule has 0 fully saturated rings. The summed E-state index contributed by atoms with van der Waals surface area (Å²) in [5, 5.41) is 16.8. The number of rotatable bonds is 7. The van der Waals surface area contributed by atoms with Crippen molar-refractivity contribution in [1.82, 2.24) is 5.43 Å². The average molecular weight is 585 g/mol. The Morgan fingerprint density at radius 2 is 1.90 bits per heavy atom. The molecule has 2 N–H and O–H groups in total. The molecule has 0 unspecified atom stereocenters. The van der Waals surface area contributed by atoms with E-state index in [2.05, 4.69) is 21.9 Å². The molecule has 1 aliphatic rings. The minimum atomic E-state index is -0.989. The van der Waals surface area contributed by atoms with E-state index in [1.807, 2.05) is 0 Å². The Morgan fingerprint density at radius 3 is 2.64 bits per heavy atom. The first-order valence-corrected chi connectivity index (χ1v) is 13.5. The molecule has 200 valence electrons. The van der Waals surface area contributed by atoms with Gasteiger partial charge in [0.05, 0.1) is 29.0 Å². The summed E-state index contributed by atoms with van der Waals surface area (Å²) in [7, 11) is 0. The number of carbonyl (C=O) groups excluding carboxylic acids is 3. The summed E-state index contributed by atoms with van der Waals surface area (Å²) in [5.41, 5.74) is 4.18. The van der Waals surface area contributed by atoms with Gasteiger partial charge in [-0.3, -0.25) is 9.59 Å². The third-order valence-electron chi connectivity index (χ3n) is 5.72. The van der Waals surface area contributed by atoms with Crippen LogP contribution in [0.5, 0.6) is 11.5 Å². The van der Waals surface area contributed by atoms with Crippen molar-refractivity contribution in [2.24, 2.45) is 5.10 Å². The number of anilines is 1. The van der Waals surface area contributed by atoms with Gasteiger partial charge in [0, 0.05) is 9.90 Å². The lowest BCUT2D eigenvalue weighted by Gasteiger charge is -2.12. The van der Waals surface area contributed by atoms with E-state index in [4.69, 9.17) is 32.7 Å². The number of benzene rings is 2. The highest BCUT2D eigenvalue weighted by Crippen LogP contribution is 2.37. The van der Waals surface area contributed by atoms with Crippen LogP contribution < -0.4 is 20.2 Å². The zero-order valence-electron chi connectivity index (χ0n) is 20.7. The van der Waals surface area contributed by atoms with Crippen molar-refractivity contribution < 1.29 is 23.9 Å². The van der Waals surface area contributed by atoms with Gasteiger partial charge in [-0.05, 0) is 80.1 Å². The minimum Gasteiger partial charge on any atom is -0.490 e. The number of fused-ring (bicyclic) bond motifs is 1. The van der Waals surface area contributed by atoms with E-state index in [1.165, 1.54) is 41.8 Å². The molecule has 9 nitrogen and oxygen atoms in total. The molecule has 0 aliphatic heterocycles. The monoisotopic (exact) mass is 584 g/mol. The number of hydrogen-bond donors (Lipinski definition) is 2. The Balaban J connectivity index is 1.40. The van der Waals surface area contributed by atoms with Crippen molar-refractivity contribution in [1.29, 1.82) is 5.26 Å². The van der Waals surface area contributed by atoms with E-state index in [-0.39, 0.29) is 22.1 Å². The molecule has 0 saturated heterocycles. The summed E-state index contributed by atoms with van der Waals surface area (Å²) in [6.45, 7) is 2.06. The van der Waals surface area contributed by atoms with Gasteiger partial charge in [-0.25, -0.2) is 10.2 Å². The van der Waals surface area contributed by atoms with Crippen LogP contribution in [0.4, 0.5) is 5.00 Å². The Kier molecular flexibility index (Phi) is 9.19. The number of aryl methyl sites for hydroxylation is 1. The number of amides is 2. The number of halogens is 2. The Bertz CT molecular complexity index is 1510. The molecule has 2 aromatic carbocycles. The maximum absolute atomic E-state index is 12.6. The number of nitriles is 1. The topological polar surface area (TPSA) is 130 Å². The third-order valence-corrected chi connectivity index (χ3v) is 7.47. The van der Waals surface area contributed by atoms with Crippen LogP contribution in [0, 0.1) is 11.3 Å². The van der Waals surface area contributed by atoms with Crippen LogP contribution in [0.2, 0.25) is 10.0 Å². The molecule has 1 heterocycles. The van der Waals surface area contributed by atoms with Crippen molar-refractivity contribution in [3.63, 3.8) is 0 Å². The van der Waals surface area contributed by atoms with Gasteiger partial charge in [0.25, 0.3) is 0 Å². The van der Waals surface area contributed by atoms with E-state index < -0.39 is 17.8 Å². The molecule has 0 spiro atoms. The lowest BCUT2D eigenvalue weighted by atomic mass is 9.96. The smallest absolute Gasteiger partial charge is 0.345 e. The summed E-state index contributed by atoms with van der Waals surface area (Å²) in [6.07, 6.45) is 4.98. The van der Waals surface area contributed by atoms with Crippen molar-refractivity contribution in [3.05, 3.63) is 73.6 Å². The number of thiophene rings is 1. The van der Waals surface area contributed by atoms with Gasteiger partial charge >= 0.3 is 17.8 Å². The van der Waals surface area contributed by atoms with Crippen LogP contribution in [0.1, 0.15) is 51.7 Å². The molecule has 1 aromatic heterocycles. The largest absolute Gasteiger partial charge is 0.490 e. The predicted molar refractivity (Wildman–Crippen MR) is 149 cm³/mol. The van der Waals surface area contributed by atoms with Crippen molar-refractivity contribution in [2.45, 2.75) is 32.6 Å². The normalized spacial score (nSPS) is 12.4.